The molecule has 0 heterocycles. The van der Waals surface area contributed by atoms with E-state index in [1.54, 1.807) is 24.3 Å². The van der Waals surface area contributed by atoms with E-state index in [2.05, 4.69) is 19.2 Å². The van der Waals surface area contributed by atoms with Gasteiger partial charge >= 0.3 is 0 Å². The number of carbonyl (C=O) groups excluding carboxylic acids is 2. The third-order valence-electron chi connectivity index (χ3n) is 8.02. The molecule has 1 atom stereocenters. The van der Waals surface area contributed by atoms with E-state index in [4.69, 9.17) is 11.6 Å². The highest BCUT2D eigenvalue weighted by Gasteiger charge is 2.34. The molecule has 2 amide bonds. The fourth-order valence-corrected chi connectivity index (χ4v) is 6.50. The second-order valence-electron chi connectivity index (χ2n) is 11.7. The van der Waals surface area contributed by atoms with Gasteiger partial charge in [0.15, 0.2) is 0 Å². The van der Waals surface area contributed by atoms with Gasteiger partial charge in [-0.05, 0) is 59.7 Å². The van der Waals surface area contributed by atoms with E-state index in [0.29, 0.717) is 17.1 Å². The number of hydrogen-bond acceptors (Lipinski definition) is 4. The summed E-state index contributed by atoms with van der Waals surface area (Å²) in [6, 6.07) is 23.1. The maximum absolute atomic E-state index is 14.3. The highest BCUT2D eigenvalue weighted by molar-refractivity contribution is 7.92. The third kappa shape index (κ3) is 9.31. The zero-order chi connectivity index (χ0) is 31.0. The Bertz CT molecular complexity index is 1460. The van der Waals surface area contributed by atoms with Crippen molar-refractivity contribution < 1.29 is 18.0 Å². The number of benzene rings is 3. The smallest absolute Gasteiger partial charge is 0.244 e. The number of rotatable bonds is 12. The zero-order valence-electron chi connectivity index (χ0n) is 25.2. The van der Waals surface area contributed by atoms with Crippen molar-refractivity contribution >= 4 is 39.1 Å². The van der Waals surface area contributed by atoms with Crippen LogP contribution in [0.15, 0.2) is 78.9 Å². The van der Waals surface area contributed by atoms with Crippen molar-refractivity contribution in [2.75, 3.05) is 17.1 Å². The molecule has 0 radical (unpaired) electrons. The molecule has 0 bridgehead atoms. The first-order valence-electron chi connectivity index (χ1n) is 15.0. The summed E-state index contributed by atoms with van der Waals surface area (Å²) in [6.45, 7) is 3.81. The van der Waals surface area contributed by atoms with Crippen molar-refractivity contribution in [2.24, 2.45) is 0 Å². The Morgan fingerprint density at radius 3 is 2.09 bits per heavy atom. The van der Waals surface area contributed by atoms with Crippen molar-refractivity contribution in [1.82, 2.24) is 10.2 Å². The second-order valence-corrected chi connectivity index (χ2v) is 14.1. The van der Waals surface area contributed by atoms with Gasteiger partial charge in [0.2, 0.25) is 21.8 Å². The van der Waals surface area contributed by atoms with Gasteiger partial charge < -0.3 is 10.2 Å². The third-order valence-corrected chi connectivity index (χ3v) is 9.41. The molecule has 0 spiro atoms. The Hall–Kier alpha value is -3.36. The Morgan fingerprint density at radius 2 is 1.51 bits per heavy atom. The van der Waals surface area contributed by atoms with Gasteiger partial charge in [-0.3, -0.25) is 13.9 Å². The molecular formula is C34H42ClN3O4S. The molecule has 1 N–H and O–H groups in total. The summed E-state index contributed by atoms with van der Waals surface area (Å²) in [4.78, 5) is 29.8. The van der Waals surface area contributed by atoms with E-state index in [9.17, 15) is 18.0 Å². The summed E-state index contributed by atoms with van der Waals surface area (Å²) < 4.78 is 27.2. The van der Waals surface area contributed by atoms with Crippen LogP contribution in [0.2, 0.25) is 5.02 Å². The summed E-state index contributed by atoms with van der Waals surface area (Å²) in [6.07, 6.45) is 6.46. The molecule has 0 saturated heterocycles. The molecule has 1 saturated carbocycles. The lowest BCUT2D eigenvalue weighted by Gasteiger charge is -2.35. The number of halogens is 1. The van der Waals surface area contributed by atoms with Crippen LogP contribution >= 0.6 is 11.6 Å². The number of sulfonamides is 1. The standard InChI is InChI=1S/C34H42ClN3O4S/c1-25(2)28-16-20-31(21-17-28)38(43(3,41)42)24-33(39)37(23-27-14-18-29(35)19-15-27)32(22-26-10-6-4-7-11-26)34(40)36-30-12-8-5-9-13-30/h4,6-7,10-11,14-21,25,30,32H,5,8-9,12-13,22-24H2,1-3H3,(H,36,40)/t32-/m1/s1. The summed E-state index contributed by atoms with van der Waals surface area (Å²) in [5.74, 6) is -0.419. The Labute approximate surface area is 261 Å². The normalized spacial score (nSPS) is 14.7. The molecule has 4 rings (SSSR count). The molecule has 9 heteroatoms. The maximum Gasteiger partial charge on any atom is 0.244 e. The van der Waals surface area contributed by atoms with Gasteiger partial charge in [-0.25, -0.2) is 8.42 Å². The quantitative estimate of drug-likeness (QED) is 0.256. The largest absolute Gasteiger partial charge is 0.352 e. The van der Waals surface area contributed by atoms with Gasteiger partial charge in [0.05, 0.1) is 11.9 Å². The summed E-state index contributed by atoms with van der Waals surface area (Å²) in [5.41, 5.74) is 3.16. The predicted molar refractivity (Wildman–Crippen MR) is 174 cm³/mol. The second kappa shape index (κ2) is 14.9. The van der Waals surface area contributed by atoms with E-state index in [0.717, 1.165) is 59.4 Å². The SMILES string of the molecule is CC(C)c1ccc(N(CC(=O)N(Cc2ccc(Cl)cc2)[C@H](Cc2ccccc2)C(=O)NC2CCCCC2)S(C)(=O)=O)cc1. The fourth-order valence-electron chi connectivity index (χ4n) is 5.52. The van der Waals surface area contributed by atoms with Gasteiger partial charge in [0.25, 0.3) is 0 Å². The molecule has 3 aromatic rings. The van der Waals surface area contributed by atoms with Crippen molar-refractivity contribution in [1.29, 1.82) is 0 Å². The monoisotopic (exact) mass is 623 g/mol. The highest BCUT2D eigenvalue weighted by Crippen LogP contribution is 2.24. The number of hydrogen-bond donors (Lipinski definition) is 1. The lowest BCUT2D eigenvalue weighted by atomic mass is 9.94. The Kier molecular flexibility index (Phi) is 11.3. The predicted octanol–water partition coefficient (Wildman–Crippen LogP) is 6.32. The van der Waals surface area contributed by atoms with Crippen molar-refractivity contribution in [2.45, 2.75) is 76.9 Å². The zero-order valence-corrected chi connectivity index (χ0v) is 26.8. The van der Waals surface area contributed by atoms with Crippen molar-refractivity contribution in [3.63, 3.8) is 0 Å². The molecule has 1 aliphatic carbocycles. The summed E-state index contributed by atoms with van der Waals surface area (Å²) >= 11 is 6.14. The van der Waals surface area contributed by atoms with Crippen LogP contribution in [-0.2, 0) is 32.6 Å². The molecule has 3 aromatic carbocycles. The van der Waals surface area contributed by atoms with Gasteiger partial charge in [-0.15, -0.1) is 0 Å². The molecule has 7 nitrogen and oxygen atoms in total. The van der Waals surface area contributed by atoms with Crippen molar-refractivity contribution in [3.05, 3.63) is 101 Å². The minimum atomic E-state index is -3.82. The van der Waals surface area contributed by atoms with E-state index in [-0.39, 0.29) is 24.4 Å². The van der Waals surface area contributed by atoms with E-state index in [1.165, 1.54) is 4.90 Å². The first-order chi connectivity index (χ1) is 20.5. The van der Waals surface area contributed by atoms with E-state index >= 15 is 0 Å². The first-order valence-corrected chi connectivity index (χ1v) is 17.2. The lowest BCUT2D eigenvalue weighted by Crippen LogP contribution is -2.55. The van der Waals surface area contributed by atoms with Gasteiger partial charge in [0, 0.05) is 24.0 Å². The highest BCUT2D eigenvalue weighted by atomic mass is 35.5. The van der Waals surface area contributed by atoms with Crippen LogP contribution in [0.5, 0.6) is 0 Å². The van der Waals surface area contributed by atoms with Crippen LogP contribution in [0.3, 0.4) is 0 Å². The molecule has 1 fully saturated rings. The molecular weight excluding hydrogens is 582 g/mol. The van der Waals surface area contributed by atoms with E-state index < -0.39 is 28.5 Å². The van der Waals surface area contributed by atoms with Crippen LogP contribution in [0.4, 0.5) is 5.69 Å². The summed E-state index contributed by atoms with van der Waals surface area (Å²) in [7, 11) is -3.82. The van der Waals surface area contributed by atoms with Gasteiger partial charge in [0.1, 0.15) is 12.6 Å². The van der Waals surface area contributed by atoms with Crippen LogP contribution in [0.1, 0.15) is 68.6 Å². The van der Waals surface area contributed by atoms with Crippen LogP contribution in [0, 0.1) is 0 Å². The lowest BCUT2D eigenvalue weighted by molar-refractivity contribution is -0.140. The molecule has 230 valence electrons. The van der Waals surface area contributed by atoms with Gasteiger partial charge in [-0.1, -0.05) is 99.3 Å². The molecule has 0 aliphatic heterocycles. The number of nitrogens with one attached hydrogen (secondary N) is 1. The molecule has 1 aliphatic rings. The average Bonchev–Trinajstić information content (AvgIpc) is 2.99. The molecule has 0 aromatic heterocycles. The topological polar surface area (TPSA) is 86.8 Å². The molecule has 43 heavy (non-hydrogen) atoms. The Balaban J connectivity index is 1.71. The van der Waals surface area contributed by atoms with E-state index in [1.807, 2.05) is 54.6 Å². The number of carbonyl (C=O) groups is 2. The number of amides is 2. The van der Waals surface area contributed by atoms with Crippen molar-refractivity contribution in [3.8, 4) is 0 Å². The number of nitrogens with zero attached hydrogens (tertiary/aromatic N) is 2. The minimum absolute atomic E-state index is 0.0546. The maximum atomic E-state index is 14.3. The minimum Gasteiger partial charge on any atom is -0.352 e. The first kappa shape index (κ1) is 32.6. The van der Waals surface area contributed by atoms with Crippen LogP contribution in [0.25, 0.3) is 0 Å². The van der Waals surface area contributed by atoms with Gasteiger partial charge in [-0.2, -0.15) is 0 Å². The van der Waals surface area contributed by atoms with Crippen LogP contribution in [-0.4, -0.2) is 50.0 Å². The molecule has 0 unspecified atom stereocenters. The van der Waals surface area contributed by atoms with Crippen LogP contribution < -0.4 is 9.62 Å². The Morgan fingerprint density at radius 1 is 0.884 bits per heavy atom. The summed E-state index contributed by atoms with van der Waals surface area (Å²) in [5, 5.41) is 3.78. The average molecular weight is 624 g/mol. The number of anilines is 1. The fraction of sp³-hybridized carbons (Fsp3) is 0.412.